The van der Waals surface area contributed by atoms with Crippen LogP contribution in [0.5, 0.6) is 11.5 Å². The molecule has 6 heteroatoms. The summed E-state index contributed by atoms with van der Waals surface area (Å²) in [7, 11) is 1.75. The molecule has 1 amide bonds. The number of fused-ring (bicyclic) bond motifs is 1. The highest BCUT2D eigenvalue weighted by Crippen LogP contribution is 2.32. The van der Waals surface area contributed by atoms with Gasteiger partial charge in [0.05, 0.1) is 0 Å². The van der Waals surface area contributed by atoms with Crippen LogP contribution < -0.4 is 9.47 Å². The monoisotopic (exact) mass is 348 g/mol. The first-order chi connectivity index (χ1) is 10.1. The molecule has 2 aromatic rings. The van der Waals surface area contributed by atoms with Gasteiger partial charge in [-0.3, -0.25) is 4.79 Å². The highest BCUT2D eigenvalue weighted by Gasteiger charge is 2.16. The van der Waals surface area contributed by atoms with Gasteiger partial charge in [-0.25, -0.2) is 4.98 Å². The van der Waals surface area contributed by atoms with Gasteiger partial charge < -0.3 is 14.4 Å². The lowest BCUT2D eigenvalue weighted by atomic mass is 10.2. The standard InChI is InChI=1S/C15H13BrN2O3/c1-18(15(19)12-4-3-11(16)7-17-12)8-10-2-5-13-14(6-10)21-9-20-13/h2-7H,8-9H2,1H3. The molecule has 3 rings (SSSR count). The van der Waals surface area contributed by atoms with Gasteiger partial charge in [0.1, 0.15) is 5.69 Å². The lowest BCUT2D eigenvalue weighted by molar-refractivity contribution is 0.0779. The predicted molar refractivity (Wildman–Crippen MR) is 80.3 cm³/mol. The summed E-state index contributed by atoms with van der Waals surface area (Å²) in [4.78, 5) is 18.0. The minimum Gasteiger partial charge on any atom is -0.454 e. The van der Waals surface area contributed by atoms with Crippen LogP contribution in [0, 0.1) is 0 Å². The number of aromatic nitrogens is 1. The molecular weight excluding hydrogens is 336 g/mol. The highest BCUT2D eigenvalue weighted by atomic mass is 79.9. The summed E-state index contributed by atoms with van der Waals surface area (Å²) in [5, 5.41) is 0. The summed E-state index contributed by atoms with van der Waals surface area (Å²) in [6.45, 7) is 0.726. The Bertz CT molecular complexity index is 673. The van der Waals surface area contributed by atoms with Crippen molar-refractivity contribution in [2.45, 2.75) is 6.54 Å². The van der Waals surface area contributed by atoms with Crippen LogP contribution in [0.1, 0.15) is 16.1 Å². The van der Waals surface area contributed by atoms with Crippen molar-refractivity contribution in [3.63, 3.8) is 0 Å². The molecule has 0 saturated carbocycles. The van der Waals surface area contributed by atoms with E-state index in [1.807, 2.05) is 18.2 Å². The van der Waals surface area contributed by atoms with Crippen LogP contribution in [-0.4, -0.2) is 29.6 Å². The Hall–Kier alpha value is -2.08. The number of hydrogen-bond donors (Lipinski definition) is 0. The third kappa shape index (κ3) is 3.00. The van der Waals surface area contributed by atoms with E-state index in [2.05, 4.69) is 20.9 Å². The fourth-order valence-electron chi connectivity index (χ4n) is 2.08. The Balaban J connectivity index is 1.72. The van der Waals surface area contributed by atoms with Gasteiger partial charge in [0.15, 0.2) is 11.5 Å². The summed E-state index contributed by atoms with van der Waals surface area (Å²) in [6, 6.07) is 9.17. The second kappa shape index (κ2) is 5.73. The molecule has 0 radical (unpaired) electrons. The van der Waals surface area contributed by atoms with E-state index in [4.69, 9.17) is 9.47 Å². The number of benzene rings is 1. The third-order valence-corrected chi connectivity index (χ3v) is 3.62. The molecule has 1 aromatic heterocycles. The topological polar surface area (TPSA) is 51.7 Å². The van der Waals surface area contributed by atoms with E-state index in [9.17, 15) is 4.79 Å². The smallest absolute Gasteiger partial charge is 0.272 e. The van der Waals surface area contributed by atoms with Gasteiger partial charge in [-0.1, -0.05) is 6.07 Å². The molecule has 2 heterocycles. The van der Waals surface area contributed by atoms with Crippen molar-refractivity contribution in [3.05, 3.63) is 52.3 Å². The molecule has 0 unspecified atom stereocenters. The molecule has 1 aliphatic rings. The van der Waals surface area contributed by atoms with Crippen molar-refractivity contribution in [2.24, 2.45) is 0 Å². The molecule has 0 saturated heterocycles. The second-order valence-corrected chi connectivity index (χ2v) is 5.63. The molecule has 0 N–H and O–H groups in total. The van der Waals surface area contributed by atoms with Crippen LogP contribution in [0.15, 0.2) is 41.0 Å². The largest absolute Gasteiger partial charge is 0.454 e. The molecule has 0 atom stereocenters. The van der Waals surface area contributed by atoms with Crippen molar-refractivity contribution in [1.29, 1.82) is 0 Å². The molecule has 108 valence electrons. The maximum Gasteiger partial charge on any atom is 0.272 e. The average Bonchev–Trinajstić information content (AvgIpc) is 2.95. The Morgan fingerprint density at radius 2 is 2.10 bits per heavy atom. The Kier molecular flexibility index (Phi) is 3.79. The fraction of sp³-hybridized carbons (Fsp3) is 0.200. The number of nitrogens with zero attached hydrogens (tertiary/aromatic N) is 2. The van der Waals surface area contributed by atoms with Crippen molar-refractivity contribution in [2.75, 3.05) is 13.8 Å². The van der Waals surface area contributed by atoms with Gasteiger partial charge in [-0.2, -0.15) is 0 Å². The van der Waals surface area contributed by atoms with Crippen molar-refractivity contribution in [3.8, 4) is 11.5 Å². The third-order valence-electron chi connectivity index (χ3n) is 3.15. The average molecular weight is 349 g/mol. The zero-order valence-corrected chi connectivity index (χ0v) is 13.0. The first kappa shape index (κ1) is 13.9. The van der Waals surface area contributed by atoms with Crippen LogP contribution in [-0.2, 0) is 6.54 Å². The number of carbonyl (C=O) groups excluding carboxylic acids is 1. The molecule has 0 fully saturated rings. The van der Waals surface area contributed by atoms with Gasteiger partial charge in [-0.05, 0) is 45.8 Å². The van der Waals surface area contributed by atoms with Crippen LogP contribution in [0.25, 0.3) is 0 Å². The van der Waals surface area contributed by atoms with Crippen LogP contribution in [0.3, 0.4) is 0 Å². The quantitative estimate of drug-likeness (QED) is 0.855. The van der Waals surface area contributed by atoms with E-state index in [1.54, 1.807) is 30.3 Å². The maximum absolute atomic E-state index is 12.3. The van der Waals surface area contributed by atoms with E-state index >= 15 is 0 Å². The Morgan fingerprint density at radius 1 is 1.29 bits per heavy atom. The predicted octanol–water partition coefficient (Wildman–Crippen LogP) is 2.85. The zero-order valence-electron chi connectivity index (χ0n) is 11.4. The number of halogens is 1. The van der Waals surface area contributed by atoms with Crippen molar-refractivity contribution >= 4 is 21.8 Å². The summed E-state index contributed by atoms with van der Waals surface area (Å²) in [5.74, 6) is 1.33. The molecule has 1 aromatic carbocycles. The number of ether oxygens (including phenoxy) is 2. The van der Waals surface area contributed by atoms with Gasteiger partial charge in [0.2, 0.25) is 6.79 Å². The SMILES string of the molecule is CN(Cc1ccc2c(c1)OCO2)C(=O)c1ccc(Br)cn1. The number of hydrogen-bond acceptors (Lipinski definition) is 4. The number of rotatable bonds is 3. The van der Waals surface area contributed by atoms with Crippen LogP contribution in [0.2, 0.25) is 0 Å². The fourth-order valence-corrected chi connectivity index (χ4v) is 2.32. The van der Waals surface area contributed by atoms with E-state index in [0.29, 0.717) is 12.2 Å². The molecule has 0 spiro atoms. The molecule has 1 aliphatic heterocycles. The first-order valence-electron chi connectivity index (χ1n) is 6.39. The Morgan fingerprint density at radius 3 is 2.86 bits per heavy atom. The van der Waals surface area contributed by atoms with Gasteiger partial charge in [0, 0.05) is 24.3 Å². The summed E-state index contributed by atoms with van der Waals surface area (Å²) >= 11 is 3.30. The molecule has 0 aliphatic carbocycles. The summed E-state index contributed by atoms with van der Waals surface area (Å²) in [5.41, 5.74) is 1.40. The maximum atomic E-state index is 12.3. The van der Waals surface area contributed by atoms with Gasteiger partial charge in [-0.15, -0.1) is 0 Å². The van der Waals surface area contributed by atoms with Crippen molar-refractivity contribution < 1.29 is 14.3 Å². The van der Waals surface area contributed by atoms with E-state index < -0.39 is 0 Å². The number of carbonyl (C=O) groups is 1. The molecular formula is C15H13BrN2O3. The minimum absolute atomic E-state index is 0.125. The lowest BCUT2D eigenvalue weighted by Gasteiger charge is -2.17. The van der Waals surface area contributed by atoms with Crippen LogP contribution >= 0.6 is 15.9 Å². The molecule has 0 bridgehead atoms. The van der Waals surface area contributed by atoms with E-state index in [1.165, 1.54) is 0 Å². The highest BCUT2D eigenvalue weighted by molar-refractivity contribution is 9.10. The van der Waals surface area contributed by atoms with Gasteiger partial charge in [0.25, 0.3) is 5.91 Å². The molecule has 21 heavy (non-hydrogen) atoms. The number of amides is 1. The minimum atomic E-state index is -0.125. The zero-order chi connectivity index (χ0) is 14.8. The van der Waals surface area contributed by atoms with E-state index in [0.717, 1.165) is 21.5 Å². The number of pyridine rings is 1. The molecule has 5 nitrogen and oxygen atoms in total. The Labute approximate surface area is 130 Å². The summed E-state index contributed by atoms with van der Waals surface area (Å²) in [6.07, 6.45) is 1.61. The van der Waals surface area contributed by atoms with E-state index in [-0.39, 0.29) is 12.7 Å². The lowest BCUT2D eigenvalue weighted by Crippen LogP contribution is -2.26. The van der Waals surface area contributed by atoms with Crippen LogP contribution in [0.4, 0.5) is 0 Å². The van der Waals surface area contributed by atoms with Gasteiger partial charge >= 0.3 is 0 Å². The second-order valence-electron chi connectivity index (χ2n) is 4.71. The van der Waals surface area contributed by atoms with Crippen molar-refractivity contribution in [1.82, 2.24) is 9.88 Å². The first-order valence-corrected chi connectivity index (χ1v) is 7.18. The normalized spacial score (nSPS) is 12.3. The summed E-state index contributed by atoms with van der Waals surface area (Å²) < 4.78 is 11.4.